The molecule has 4 rings (SSSR count). The Morgan fingerprint density at radius 2 is 1.86 bits per heavy atom. The summed E-state index contributed by atoms with van der Waals surface area (Å²) in [7, 11) is 0. The number of para-hydroxylation sites is 1. The molecule has 0 bridgehead atoms. The van der Waals surface area contributed by atoms with Crippen LogP contribution >= 0.6 is 0 Å². The summed E-state index contributed by atoms with van der Waals surface area (Å²) in [6.07, 6.45) is 0.705. The van der Waals surface area contributed by atoms with Gasteiger partial charge >= 0.3 is 0 Å². The Morgan fingerprint density at radius 3 is 2.64 bits per heavy atom. The van der Waals surface area contributed by atoms with Crippen LogP contribution in [0.4, 0.5) is 4.39 Å². The van der Waals surface area contributed by atoms with Crippen molar-refractivity contribution in [1.82, 2.24) is 14.8 Å². The van der Waals surface area contributed by atoms with Crippen LogP contribution in [-0.4, -0.2) is 52.2 Å². The number of rotatable bonds is 6. The average Bonchev–Trinajstić information content (AvgIpc) is 3.01. The van der Waals surface area contributed by atoms with Crippen molar-refractivity contribution in [2.75, 3.05) is 26.2 Å². The van der Waals surface area contributed by atoms with Crippen molar-refractivity contribution >= 4 is 10.9 Å². The summed E-state index contributed by atoms with van der Waals surface area (Å²) in [5.74, 6) is -0.152. The summed E-state index contributed by atoms with van der Waals surface area (Å²) < 4.78 is 14.1. The number of aryl methyl sites for hydroxylation is 1. The van der Waals surface area contributed by atoms with Gasteiger partial charge < -0.3 is 10.1 Å². The van der Waals surface area contributed by atoms with Crippen LogP contribution in [0, 0.1) is 12.7 Å². The Bertz CT molecular complexity index is 938. The fourth-order valence-electron chi connectivity index (χ4n) is 4.30. The van der Waals surface area contributed by atoms with Crippen LogP contribution in [0.5, 0.6) is 0 Å². The molecule has 0 spiro atoms. The van der Waals surface area contributed by atoms with Crippen molar-refractivity contribution in [2.45, 2.75) is 32.5 Å². The number of aliphatic hydroxyl groups is 1. The van der Waals surface area contributed by atoms with Gasteiger partial charge in [-0.3, -0.25) is 9.80 Å². The van der Waals surface area contributed by atoms with E-state index in [2.05, 4.69) is 46.0 Å². The molecular formula is C23H28FN3O. The smallest absolute Gasteiger partial charge is 0.127 e. The van der Waals surface area contributed by atoms with Crippen molar-refractivity contribution in [3.8, 4) is 0 Å². The minimum atomic E-state index is -0.152. The van der Waals surface area contributed by atoms with E-state index in [9.17, 15) is 9.50 Å². The summed E-state index contributed by atoms with van der Waals surface area (Å²) in [5, 5.41) is 10.8. The van der Waals surface area contributed by atoms with Gasteiger partial charge in [0, 0.05) is 67.5 Å². The van der Waals surface area contributed by atoms with E-state index in [0.717, 1.165) is 31.7 Å². The first-order valence-electron chi connectivity index (χ1n) is 10.0. The van der Waals surface area contributed by atoms with Gasteiger partial charge in [0.15, 0.2) is 0 Å². The van der Waals surface area contributed by atoms with Gasteiger partial charge in [0.25, 0.3) is 0 Å². The minimum absolute atomic E-state index is 0.150. The molecule has 0 amide bonds. The number of piperazine rings is 1. The van der Waals surface area contributed by atoms with Gasteiger partial charge in [0.05, 0.1) is 0 Å². The standard InChI is InChI=1S/C23H28FN3O/c1-17-20-7-3-5-9-22(20)25-23(17)16-26-11-12-27(19(15-26)10-13-28)14-18-6-2-4-8-21(18)24/h2-9,19,25,28H,10-16H2,1H3/t19-/m0/s1. The number of halogens is 1. The van der Waals surface area contributed by atoms with E-state index in [0.29, 0.717) is 13.0 Å². The molecule has 1 saturated heterocycles. The molecule has 0 aliphatic carbocycles. The third-order valence-electron chi connectivity index (χ3n) is 5.93. The Morgan fingerprint density at radius 1 is 1.07 bits per heavy atom. The van der Waals surface area contributed by atoms with Gasteiger partial charge in [-0.25, -0.2) is 4.39 Å². The molecule has 2 aromatic carbocycles. The molecule has 1 aliphatic rings. The number of benzene rings is 2. The number of aromatic amines is 1. The molecule has 4 nitrogen and oxygen atoms in total. The molecule has 5 heteroatoms. The summed E-state index contributed by atoms with van der Waals surface area (Å²) in [6, 6.07) is 15.6. The Labute approximate surface area is 165 Å². The zero-order valence-electron chi connectivity index (χ0n) is 16.4. The number of nitrogens with one attached hydrogen (secondary N) is 1. The van der Waals surface area contributed by atoms with E-state index < -0.39 is 0 Å². The second kappa shape index (κ2) is 8.43. The SMILES string of the molecule is Cc1c(CN2CCN(Cc3ccccc3F)[C@@H](CCO)C2)[nH]c2ccccc12. The van der Waals surface area contributed by atoms with Crippen LogP contribution in [0.2, 0.25) is 0 Å². The minimum Gasteiger partial charge on any atom is -0.396 e. The van der Waals surface area contributed by atoms with E-state index in [1.54, 1.807) is 6.07 Å². The topological polar surface area (TPSA) is 42.5 Å². The Balaban J connectivity index is 1.46. The number of hydrogen-bond acceptors (Lipinski definition) is 3. The molecule has 0 radical (unpaired) electrons. The maximum atomic E-state index is 14.1. The van der Waals surface area contributed by atoms with Gasteiger partial charge in [-0.05, 0) is 31.0 Å². The lowest BCUT2D eigenvalue weighted by Gasteiger charge is -2.41. The maximum Gasteiger partial charge on any atom is 0.127 e. The molecule has 2 N–H and O–H groups in total. The fraction of sp³-hybridized carbons (Fsp3) is 0.391. The lowest BCUT2D eigenvalue weighted by molar-refractivity contribution is 0.0487. The van der Waals surface area contributed by atoms with Crippen molar-refractivity contribution in [3.05, 3.63) is 71.2 Å². The highest BCUT2D eigenvalue weighted by Gasteiger charge is 2.27. The molecule has 0 unspecified atom stereocenters. The van der Waals surface area contributed by atoms with E-state index in [1.165, 1.54) is 28.2 Å². The lowest BCUT2D eigenvalue weighted by Crippen LogP contribution is -2.52. The average molecular weight is 381 g/mol. The molecule has 1 atom stereocenters. The highest BCUT2D eigenvalue weighted by Crippen LogP contribution is 2.24. The first kappa shape index (κ1) is 19.1. The van der Waals surface area contributed by atoms with E-state index in [1.807, 2.05) is 12.1 Å². The molecule has 1 aliphatic heterocycles. The largest absolute Gasteiger partial charge is 0.396 e. The highest BCUT2D eigenvalue weighted by molar-refractivity contribution is 5.84. The molecule has 1 fully saturated rings. The van der Waals surface area contributed by atoms with Crippen molar-refractivity contribution in [2.24, 2.45) is 0 Å². The maximum absolute atomic E-state index is 14.1. The quantitative estimate of drug-likeness (QED) is 0.684. The van der Waals surface area contributed by atoms with Gasteiger partial charge in [0.2, 0.25) is 0 Å². The molecule has 148 valence electrons. The molecule has 28 heavy (non-hydrogen) atoms. The third-order valence-corrected chi connectivity index (χ3v) is 5.93. The molecule has 1 aromatic heterocycles. The summed E-state index contributed by atoms with van der Waals surface area (Å²) >= 11 is 0. The first-order chi connectivity index (χ1) is 13.7. The number of nitrogens with zero attached hydrogens (tertiary/aromatic N) is 2. The fourth-order valence-corrected chi connectivity index (χ4v) is 4.30. The zero-order chi connectivity index (χ0) is 19.5. The van der Waals surface area contributed by atoms with E-state index >= 15 is 0 Å². The van der Waals surface area contributed by atoms with Gasteiger partial charge in [-0.1, -0.05) is 36.4 Å². The van der Waals surface area contributed by atoms with Crippen molar-refractivity contribution in [1.29, 1.82) is 0 Å². The molecule has 3 aromatic rings. The highest BCUT2D eigenvalue weighted by atomic mass is 19.1. The van der Waals surface area contributed by atoms with Gasteiger partial charge in [-0.2, -0.15) is 0 Å². The van der Waals surface area contributed by atoms with Crippen LogP contribution in [0.1, 0.15) is 23.2 Å². The van der Waals surface area contributed by atoms with Crippen LogP contribution in [0.3, 0.4) is 0 Å². The van der Waals surface area contributed by atoms with E-state index in [-0.39, 0.29) is 18.5 Å². The monoisotopic (exact) mass is 381 g/mol. The van der Waals surface area contributed by atoms with E-state index in [4.69, 9.17) is 0 Å². The zero-order valence-corrected chi connectivity index (χ0v) is 16.4. The number of hydrogen-bond donors (Lipinski definition) is 2. The third kappa shape index (κ3) is 3.97. The second-order valence-corrected chi connectivity index (χ2v) is 7.74. The normalized spacial score (nSPS) is 18.8. The second-order valence-electron chi connectivity index (χ2n) is 7.74. The van der Waals surface area contributed by atoms with Crippen molar-refractivity contribution in [3.63, 3.8) is 0 Å². The Hall–Kier alpha value is -2.21. The molecule has 2 heterocycles. The number of fused-ring (bicyclic) bond motifs is 1. The summed E-state index contributed by atoms with van der Waals surface area (Å²) in [5.41, 5.74) is 4.47. The molecule has 0 saturated carbocycles. The van der Waals surface area contributed by atoms with Gasteiger partial charge in [-0.15, -0.1) is 0 Å². The number of aliphatic hydroxyl groups excluding tert-OH is 1. The number of H-pyrrole nitrogens is 1. The van der Waals surface area contributed by atoms with Crippen LogP contribution in [0.25, 0.3) is 10.9 Å². The predicted octanol–water partition coefficient (Wildman–Crippen LogP) is 3.68. The van der Waals surface area contributed by atoms with Crippen LogP contribution in [-0.2, 0) is 13.1 Å². The first-order valence-corrected chi connectivity index (χ1v) is 10.0. The lowest BCUT2D eigenvalue weighted by atomic mass is 10.1. The van der Waals surface area contributed by atoms with Gasteiger partial charge in [0.1, 0.15) is 5.82 Å². The summed E-state index contributed by atoms with van der Waals surface area (Å²) in [6.45, 7) is 6.48. The van der Waals surface area contributed by atoms with Crippen molar-refractivity contribution < 1.29 is 9.50 Å². The predicted molar refractivity (Wildman–Crippen MR) is 111 cm³/mol. The van der Waals surface area contributed by atoms with Crippen LogP contribution < -0.4 is 0 Å². The Kier molecular flexibility index (Phi) is 5.76. The van der Waals surface area contributed by atoms with Crippen LogP contribution in [0.15, 0.2) is 48.5 Å². The molecular weight excluding hydrogens is 353 g/mol. The summed E-state index contributed by atoms with van der Waals surface area (Å²) in [4.78, 5) is 8.31. The number of aromatic nitrogens is 1.